The molecule has 0 saturated heterocycles. The van der Waals surface area contributed by atoms with Gasteiger partial charge >= 0.3 is 0 Å². The molecule has 3 atom stereocenters. The zero-order valence-electron chi connectivity index (χ0n) is 36.5. The summed E-state index contributed by atoms with van der Waals surface area (Å²) >= 11 is 5.45. The highest BCUT2D eigenvalue weighted by Crippen LogP contribution is 2.38. The molecule has 3 aliphatic rings. The van der Waals surface area contributed by atoms with Crippen LogP contribution in [0, 0.1) is 38.9 Å². The Bertz CT molecular complexity index is 1870. The van der Waals surface area contributed by atoms with E-state index in [1.54, 1.807) is 42.9 Å². The van der Waals surface area contributed by atoms with Crippen LogP contribution in [0.4, 0.5) is 0 Å². The van der Waals surface area contributed by atoms with Gasteiger partial charge in [-0.15, -0.1) is 0 Å². The molecule has 4 aromatic rings. The van der Waals surface area contributed by atoms with Crippen molar-refractivity contribution < 1.29 is 14.2 Å². The lowest BCUT2D eigenvalue weighted by Crippen LogP contribution is -2.30. The lowest BCUT2D eigenvalue weighted by molar-refractivity contribution is 0.0810. The Morgan fingerprint density at radius 3 is 1.17 bits per heavy atom. The number of hydrogen-bond acceptors (Lipinski definition) is 11. The first-order chi connectivity index (χ1) is 28.6. The SMILES string of the molecule is CC1(C)CCCC(Oc2ccc(C#N)cn2)C1.CC1(C)CCCC(Oc2ccc(CN)cn2)C1.CC1(C)CCCC(Oc2ccc(CN)cn2)C1.N#Cc1ccc(Cl)nc1. The third-order valence-corrected chi connectivity index (χ3v) is 11.4. The van der Waals surface area contributed by atoms with Crippen LogP contribution in [0.2, 0.25) is 5.15 Å². The molecule has 0 aliphatic heterocycles. The number of ether oxygens (including phenoxy) is 3. The van der Waals surface area contributed by atoms with E-state index in [0.29, 0.717) is 63.7 Å². The van der Waals surface area contributed by atoms with Gasteiger partial charge in [0.05, 0.1) is 11.1 Å². The number of nitrogens with zero attached hydrogens (tertiary/aromatic N) is 6. The molecule has 0 radical (unpaired) electrons. The van der Waals surface area contributed by atoms with E-state index in [0.717, 1.165) is 61.4 Å². The Kier molecular flexibility index (Phi) is 18.6. The van der Waals surface area contributed by atoms with Crippen LogP contribution >= 0.6 is 11.6 Å². The topological polar surface area (TPSA) is 179 Å². The van der Waals surface area contributed by atoms with E-state index in [-0.39, 0.29) is 6.10 Å². The van der Waals surface area contributed by atoms with E-state index in [4.69, 9.17) is 47.8 Å². The van der Waals surface area contributed by atoms with E-state index in [2.05, 4.69) is 67.5 Å². The molecule has 12 heteroatoms. The maximum Gasteiger partial charge on any atom is 0.213 e. The van der Waals surface area contributed by atoms with Gasteiger partial charge in [-0.1, -0.05) is 65.3 Å². The number of nitrogens with two attached hydrogens (primary N) is 2. The molecule has 3 fully saturated rings. The molecule has 11 nitrogen and oxygen atoms in total. The van der Waals surface area contributed by atoms with Gasteiger partial charge in [0.2, 0.25) is 17.6 Å². The van der Waals surface area contributed by atoms with Crippen molar-refractivity contribution >= 4 is 11.6 Å². The molecule has 3 saturated carbocycles. The molecule has 7 rings (SSSR count). The van der Waals surface area contributed by atoms with Crippen molar-refractivity contribution in [2.24, 2.45) is 27.7 Å². The summed E-state index contributed by atoms with van der Waals surface area (Å²) in [7, 11) is 0. The second kappa shape index (κ2) is 23.3. The molecule has 60 heavy (non-hydrogen) atoms. The number of aromatic nitrogens is 4. The average Bonchev–Trinajstić information content (AvgIpc) is 3.22. The Labute approximate surface area is 363 Å². The second-order valence-electron chi connectivity index (χ2n) is 18.4. The minimum atomic E-state index is 0.263. The van der Waals surface area contributed by atoms with Crippen molar-refractivity contribution in [3.8, 4) is 29.8 Å². The fourth-order valence-corrected chi connectivity index (χ4v) is 7.97. The van der Waals surface area contributed by atoms with Crippen molar-refractivity contribution in [2.75, 3.05) is 0 Å². The van der Waals surface area contributed by atoms with Gasteiger partial charge in [-0.2, -0.15) is 10.5 Å². The van der Waals surface area contributed by atoms with Gasteiger partial charge in [-0.3, -0.25) is 0 Å². The van der Waals surface area contributed by atoms with E-state index < -0.39 is 0 Å². The van der Waals surface area contributed by atoms with Crippen molar-refractivity contribution in [2.45, 2.75) is 150 Å². The fraction of sp³-hybridized carbons (Fsp3) is 0.542. The van der Waals surface area contributed by atoms with Gasteiger partial charge in [0.1, 0.15) is 35.6 Å². The Morgan fingerprint density at radius 1 is 0.550 bits per heavy atom. The van der Waals surface area contributed by atoms with Crippen LogP contribution < -0.4 is 25.7 Å². The minimum absolute atomic E-state index is 0.263. The zero-order chi connectivity index (χ0) is 43.6. The van der Waals surface area contributed by atoms with E-state index in [1.165, 1.54) is 44.7 Å². The quantitative estimate of drug-likeness (QED) is 0.161. The highest BCUT2D eigenvalue weighted by Gasteiger charge is 2.31. The number of rotatable bonds is 8. The maximum atomic E-state index is 8.69. The predicted molar refractivity (Wildman–Crippen MR) is 237 cm³/mol. The molecule has 3 unspecified atom stereocenters. The van der Waals surface area contributed by atoms with Crippen LogP contribution in [0.5, 0.6) is 17.6 Å². The normalized spacial score (nSPS) is 20.9. The van der Waals surface area contributed by atoms with Crippen molar-refractivity contribution in [3.63, 3.8) is 0 Å². The summed E-state index contributed by atoms with van der Waals surface area (Å²) in [4.78, 5) is 16.4. The summed E-state index contributed by atoms with van der Waals surface area (Å²) < 4.78 is 17.7. The molecule has 3 aliphatic carbocycles. The van der Waals surface area contributed by atoms with Crippen molar-refractivity contribution in [3.05, 3.63) is 101 Å². The predicted octanol–water partition coefficient (Wildman–Crippen LogP) is 10.7. The first kappa shape index (κ1) is 47.9. The summed E-state index contributed by atoms with van der Waals surface area (Å²) in [5.41, 5.74) is 15.4. The summed E-state index contributed by atoms with van der Waals surface area (Å²) in [6, 6.07) is 18.5. The molecule has 4 aromatic heterocycles. The van der Waals surface area contributed by atoms with Crippen LogP contribution in [0.25, 0.3) is 0 Å². The summed E-state index contributed by atoms with van der Waals surface area (Å²) in [5, 5.41) is 17.4. The monoisotopic (exact) mass is 836 g/mol. The fourth-order valence-electron chi connectivity index (χ4n) is 7.86. The number of nitriles is 2. The Morgan fingerprint density at radius 2 is 0.900 bits per heavy atom. The average molecular weight is 838 g/mol. The second-order valence-corrected chi connectivity index (χ2v) is 18.8. The van der Waals surface area contributed by atoms with E-state index in [1.807, 2.05) is 30.3 Å². The van der Waals surface area contributed by atoms with Crippen molar-refractivity contribution in [1.29, 1.82) is 10.5 Å². The van der Waals surface area contributed by atoms with Crippen LogP contribution in [0.1, 0.15) is 141 Å². The van der Waals surface area contributed by atoms with Crippen LogP contribution in [0.15, 0.2) is 73.3 Å². The molecule has 0 amide bonds. The van der Waals surface area contributed by atoms with Crippen LogP contribution in [0.3, 0.4) is 0 Å². The number of pyridine rings is 4. The van der Waals surface area contributed by atoms with Gasteiger partial charge in [-0.25, -0.2) is 19.9 Å². The first-order valence-electron chi connectivity index (χ1n) is 21.3. The van der Waals surface area contributed by atoms with Gasteiger partial charge < -0.3 is 25.7 Å². The highest BCUT2D eigenvalue weighted by molar-refractivity contribution is 6.29. The molecule has 4 heterocycles. The molecular formula is C48H65ClN8O3. The molecule has 0 aromatic carbocycles. The number of halogens is 1. The summed E-state index contributed by atoms with van der Waals surface area (Å²) in [6.45, 7) is 14.9. The highest BCUT2D eigenvalue weighted by atomic mass is 35.5. The van der Waals surface area contributed by atoms with Gasteiger partial charge in [0.25, 0.3) is 0 Å². The lowest BCUT2D eigenvalue weighted by atomic mass is 9.76. The smallest absolute Gasteiger partial charge is 0.213 e. The zero-order valence-corrected chi connectivity index (χ0v) is 37.3. The summed E-state index contributed by atoms with van der Waals surface area (Å²) in [6.07, 6.45) is 21.8. The summed E-state index contributed by atoms with van der Waals surface area (Å²) in [5.74, 6) is 2.08. The largest absolute Gasteiger partial charge is 0.474 e. The number of hydrogen-bond donors (Lipinski definition) is 2. The van der Waals surface area contributed by atoms with Gasteiger partial charge in [-0.05, 0) is 123 Å². The first-order valence-corrected chi connectivity index (χ1v) is 21.7. The van der Waals surface area contributed by atoms with E-state index in [9.17, 15) is 0 Å². The molecule has 4 N–H and O–H groups in total. The van der Waals surface area contributed by atoms with Crippen LogP contribution in [-0.2, 0) is 13.1 Å². The van der Waals surface area contributed by atoms with Gasteiger partial charge in [0.15, 0.2) is 0 Å². The Hall–Kier alpha value is -4.81. The molecule has 0 bridgehead atoms. The molecule has 322 valence electrons. The lowest BCUT2D eigenvalue weighted by Gasteiger charge is -2.34. The van der Waals surface area contributed by atoms with E-state index >= 15 is 0 Å². The molecular weight excluding hydrogens is 772 g/mol. The maximum absolute atomic E-state index is 8.69. The van der Waals surface area contributed by atoms with Crippen molar-refractivity contribution in [1.82, 2.24) is 19.9 Å². The standard InChI is InChI=1S/2C14H22N2O.C14H18N2O.C6H3ClN2/c3*1-14(2)7-3-4-12(8-14)17-13-6-5-11(9-15)10-16-13;7-6-2-1-5(3-8)4-9-6/h2*5-6,10,12H,3-4,7-9,15H2,1-2H3;5-6,10,12H,3-4,7-8H2,1-2H3;1-2,4H. The van der Waals surface area contributed by atoms with Gasteiger partial charge in [0, 0.05) is 56.1 Å². The minimum Gasteiger partial charge on any atom is -0.474 e. The molecule has 0 spiro atoms. The third kappa shape index (κ3) is 17.4. The van der Waals surface area contributed by atoms with Crippen LogP contribution in [-0.4, -0.2) is 38.2 Å². The third-order valence-electron chi connectivity index (χ3n) is 11.1. The Balaban J connectivity index is 0.000000180.